The maximum Gasteiger partial charge on any atom is 0.246 e. The molecule has 9 heteroatoms. The topological polar surface area (TPSA) is 58.2 Å². The average Bonchev–Trinajstić information content (AvgIpc) is 2.63. The number of carbonyl (C=O) groups excluding carboxylic acids is 2. The SMILES string of the molecule is CNC(=O)C(NC(=O)CSCc1ccc(Cl)cc1Cl)c1ccc(F)c(F)c1. The lowest BCUT2D eigenvalue weighted by Crippen LogP contribution is -2.39. The molecule has 0 bridgehead atoms. The first kappa shape index (κ1) is 21.5. The van der Waals surface area contributed by atoms with Crippen LogP contribution in [0, 0.1) is 11.6 Å². The molecular formula is C18H16Cl2F2N2O2S. The van der Waals surface area contributed by atoms with Gasteiger partial charge in [-0.2, -0.15) is 0 Å². The van der Waals surface area contributed by atoms with Gasteiger partial charge in [0.1, 0.15) is 6.04 Å². The van der Waals surface area contributed by atoms with Crippen molar-refractivity contribution >= 4 is 46.8 Å². The molecule has 0 saturated heterocycles. The van der Waals surface area contributed by atoms with E-state index in [1.807, 2.05) is 0 Å². The van der Waals surface area contributed by atoms with Gasteiger partial charge in [0.05, 0.1) is 5.75 Å². The Labute approximate surface area is 169 Å². The Morgan fingerprint density at radius 1 is 1.11 bits per heavy atom. The Kier molecular flexibility index (Phi) is 7.89. The van der Waals surface area contributed by atoms with E-state index in [4.69, 9.17) is 23.2 Å². The first-order chi connectivity index (χ1) is 12.8. The van der Waals surface area contributed by atoms with Crippen LogP contribution in [0.5, 0.6) is 0 Å². The maximum atomic E-state index is 13.5. The summed E-state index contributed by atoms with van der Waals surface area (Å²) in [4.78, 5) is 24.2. The quantitative estimate of drug-likeness (QED) is 0.691. The van der Waals surface area contributed by atoms with Gasteiger partial charge in [0.15, 0.2) is 11.6 Å². The molecule has 27 heavy (non-hydrogen) atoms. The van der Waals surface area contributed by atoms with Gasteiger partial charge in [-0.3, -0.25) is 9.59 Å². The molecule has 0 aliphatic carbocycles. The average molecular weight is 433 g/mol. The Morgan fingerprint density at radius 2 is 1.85 bits per heavy atom. The van der Waals surface area contributed by atoms with Crippen LogP contribution in [0.2, 0.25) is 10.0 Å². The number of nitrogens with one attached hydrogen (secondary N) is 2. The summed E-state index contributed by atoms with van der Waals surface area (Å²) >= 11 is 13.2. The molecule has 2 amide bonds. The molecule has 0 saturated carbocycles. The highest BCUT2D eigenvalue weighted by atomic mass is 35.5. The third kappa shape index (κ3) is 6.09. The van der Waals surface area contributed by atoms with Gasteiger partial charge in [0.25, 0.3) is 0 Å². The van der Waals surface area contributed by atoms with Crippen molar-refractivity contribution in [2.45, 2.75) is 11.8 Å². The van der Waals surface area contributed by atoms with Crippen LogP contribution in [-0.4, -0.2) is 24.6 Å². The van der Waals surface area contributed by atoms with Crippen molar-refractivity contribution in [2.75, 3.05) is 12.8 Å². The summed E-state index contributed by atoms with van der Waals surface area (Å²) in [5, 5.41) is 5.94. The van der Waals surface area contributed by atoms with E-state index in [9.17, 15) is 18.4 Å². The number of carbonyl (C=O) groups is 2. The molecule has 2 N–H and O–H groups in total. The van der Waals surface area contributed by atoms with Crippen LogP contribution in [0.3, 0.4) is 0 Å². The van der Waals surface area contributed by atoms with Crippen molar-refractivity contribution in [2.24, 2.45) is 0 Å². The Bertz CT molecular complexity index is 852. The standard InChI is InChI=1S/C18H16Cl2F2N2O2S/c1-23-18(26)17(10-3-5-14(21)15(22)6-10)24-16(25)9-27-8-11-2-4-12(19)7-13(11)20/h2-7,17H,8-9H2,1H3,(H,23,26)(H,24,25). The largest absolute Gasteiger partial charge is 0.357 e. The summed E-state index contributed by atoms with van der Waals surface area (Å²) in [6.07, 6.45) is 0. The zero-order valence-electron chi connectivity index (χ0n) is 14.2. The molecule has 4 nitrogen and oxygen atoms in total. The molecule has 2 aromatic carbocycles. The number of hydrogen-bond acceptors (Lipinski definition) is 3. The predicted octanol–water partition coefficient (Wildman–Crippen LogP) is 4.11. The molecule has 0 aliphatic heterocycles. The molecule has 2 rings (SSSR count). The van der Waals surface area contributed by atoms with Gasteiger partial charge in [-0.1, -0.05) is 35.3 Å². The van der Waals surface area contributed by atoms with E-state index in [2.05, 4.69) is 10.6 Å². The second-order valence-electron chi connectivity index (χ2n) is 5.52. The summed E-state index contributed by atoms with van der Waals surface area (Å²) in [6.45, 7) is 0. The molecule has 0 fully saturated rings. The van der Waals surface area contributed by atoms with E-state index in [-0.39, 0.29) is 11.3 Å². The lowest BCUT2D eigenvalue weighted by molar-refractivity contribution is -0.127. The molecule has 144 valence electrons. The van der Waals surface area contributed by atoms with Crippen molar-refractivity contribution in [1.82, 2.24) is 10.6 Å². The van der Waals surface area contributed by atoms with E-state index in [1.165, 1.54) is 24.9 Å². The van der Waals surface area contributed by atoms with Gasteiger partial charge >= 0.3 is 0 Å². The second-order valence-corrected chi connectivity index (χ2v) is 7.35. The summed E-state index contributed by atoms with van der Waals surface area (Å²) in [6, 6.07) is 7.00. The number of benzene rings is 2. The number of rotatable bonds is 7. The van der Waals surface area contributed by atoms with Crippen LogP contribution in [0.1, 0.15) is 17.2 Å². The van der Waals surface area contributed by atoms with Crippen LogP contribution in [0.4, 0.5) is 8.78 Å². The number of hydrogen-bond donors (Lipinski definition) is 2. The molecule has 2 aromatic rings. The van der Waals surface area contributed by atoms with Crippen molar-refractivity contribution in [3.8, 4) is 0 Å². The van der Waals surface area contributed by atoms with E-state index >= 15 is 0 Å². The van der Waals surface area contributed by atoms with E-state index in [0.29, 0.717) is 15.8 Å². The molecule has 0 aliphatic rings. The second kappa shape index (κ2) is 9.92. The van der Waals surface area contributed by atoms with Crippen molar-refractivity contribution in [1.29, 1.82) is 0 Å². The minimum Gasteiger partial charge on any atom is -0.357 e. The van der Waals surface area contributed by atoms with Gasteiger partial charge in [-0.25, -0.2) is 8.78 Å². The number of likely N-dealkylation sites (N-methyl/N-ethyl adjacent to an activating group) is 1. The number of halogens is 4. The minimum atomic E-state index is -1.13. The monoisotopic (exact) mass is 432 g/mol. The number of amides is 2. The Morgan fingerprint density at radius 3 is 2.48 bits per heavy atom. The van der Waals surface area contributed by atoms with Gasteiger partial charge in [-0.05, 0) is 35.4 Å². The fourth-order valence-electron chi connectivity index (χ4n) is 2.23. The first-order valence-corrected chi connectivity index (χ1v) is 9.70. The van der Waals surface area contributed by atoms with Crippen LogP contribution in [0.15, 0.2) is 36.4 Å². The van der Waals surface area contributed by atoms with Crippen LogP contribution in [-0.2, 0) is 15.3 Å². The summed E-state index contributed by atoms with van der Waals surface area (Å²) in [5.41, 5.74) is 0.967. The summed E-state index contributed by atoms with van der Waals surface area (Å²) < 4.78 is 26.6. The molecule has 0 aromatic heterocycles. The normalized spacial score (nSPS) is 11.7. The molecule has 0 spiro atoms. The zero-order chi connectivity index (χ0) is 20.0. The van der Waals surface area contributed by atoms with E-state index in [1.54, 1.807) is 18.2 Å². The summed E-state index contributed by atoms with van der Waals surface area (Å²) in [7, 11) is 1.39. The minimum absolute atomic E-state index is 0.0517. The smallest absolute Gasteiger partial charge is 0.246 e. The fraction of sp³-hybridized carbons (Fsp3) is 0.222. The van der Waals surface area contributed by atoms with E-state index < -0.39 is 29.5 Å². The Hall–Kier alpha value is -1.83. The van der Waals surface area contributed by atoms with E-state index in [0.717, 1.165) is 17.7 Å². The third-order valence-corrected chi connectivity index (χ3v) is 5.17. The van der Waals surface area contributed by atoms with Gasteiger partial charge in [-0.15, -0.1) is 11.8 Å². The summed E-state index contributed by atoms with van der Waals surface area (Å²) in [5.74, 6) is -2.57. The Balaban J connectivity index is 1.99. The zero-order valence-corrected chi connectivity index (χ0v) is 16.5. The van der Waals surface area contributed by atoms with Crippen molar-refractivity contribution in [3.05, 3.63) is 69.2 Å². The van der Waals surface area contributed by atoms with Crippen molar-refractivity contribution < 1.29 is 18.4 Å². The lowest BCUT2D eigenvalue weighted by Gasteiger charge is -2.18. The predicted molar refractivity (Wildman–Crippen MR) is 104 cm³/mol. The highest BCUT2D eigenvalue weighted by Crippen LogP contribution is 2.25. The maximum absolute atomic E-state index is 13.5. The fourth-order valence-corrected chi connectivity index (χ4v) is 3.63. The molecule has 0 radical (unpaired) electrons. The molecular weight excluding hydrogens is 417 g/mol. The number of thioether (sulfide) groups is 1. The van der Waals surface area contributed by atoms with Crippen LogP contribution < -0.4 is 10.6 Å². The van der Waals surface area contributed by atoms with Gasteiger partial charge in [0, 0.05) is 22.8 Å². The van der Waals surface area contributed by atoms with Crippen LogP contribution >= 0.6 is 35.0 Å². The van der Waals surface area contributed by atoms with Crippen LogP contribution in [0.25, 0.3) is 0 Å². The van der Waals surface area contributed by atoms with Gasteiger partial charge < -0.3 is 10.6 Å². The first-order valence-electron chi connectivity index (χ1n) is 7.79. The van der Waals surface area contributed by atoms with Gasteiger partial charge in [0.2, 0.25) is 11.8 Å². The highest BCUT2D eigenvalue weighted by Gasteiger charge is 2.23. The van der Waals surface area contributed by atoms with Crippen molar-refractivity contribution in [3.63, 3.8) is 0 Å². The molecule has 0 heterocycles. The highest BCUT2D eigenvalue weighted by molar-refractivity contribution is 7.99. The molecule has 1 atom stereocenters. The lowest BCUT2D eigenvalue weighted by atomic mass is 10.1. The third-order valence-electron chi connectivity index (χ3n) is 3.60. The molecule has 1 unspecified atom stereocenters.